The van der Waals surface area contributed by atoms with Crippen molar-refractivity contribution >= 4 is 11.7 Å². The molecule has 1 amide bonds. The van der Waals surface area contributed by atoms with E-state index in [1.807, 2.05) is 12.1 Å². The summed E-state index contributed by atoms with van der Waals surface area (Å²) in [6.45, 7) is 2.00. The number of amides is 1. The molecule has 32 heavy (non-hydrogen) atoms. The van der Waals surface area contributed by atoms with Crippen molar-refractivity contribution in [2.75, 3.05) is 5.32 Å². The summed E-state index contributed by atoms with van der Waals surface area (Å²) >= 11 is 0. The van der Waals surface area contributed by atoms with Crippen molar-refractivity contribution in [1.29, 1.82) is 0 Å². The molecule has 0 spiro atoms. The van der Waals surface area contributed by atoms with E-state index in [1.165, 1.54) is 6.07 Å². The summed E-state index contributed by atoms with van der Waals surface area (Å²) in [6.07, 6.45) is 5.27. The van der Waals surface area contributed by atoms with E-state index >= 15 is 0 Å². The van der Waals surface area contributed by atoms with Crippen LogP contribution in [0.25, 0.3) is 11.4 Å². The monoisotopic (exact) mass is 433 g/mol. The first-order valence-electron chi connectivity index (χ1n) is 9.94. The van der Waals surface area contributed by atoms with Gasteiger partial charge in [-0.3, -0.25) is 9.78 Å². The summed E-state index contributed by atoms with van der Waals surface area (Å²) in [4.78, 5) is 24.8. The number of benzene rings is 1. The molecular formula is C23H20FN5O3. The molecule has 4 aromatic rings. The first kappa shape index (κ1) is 21.1. The number of nitrogens with zero attached hydrogens (tertiary/aromatic N) is 4. The van der Waals surface area contributed by atoms with Crippen LogP contribution in [0.2, 0.25) is 0 Å². The lowest BCUT2D eigenvalue weighted by Gasteiger charge is -2.11. The molecule has 0 aliphatic rings. The molecule has 0 fully saturated rings. The minimum absolute atomic E-state index is 0.101. The molecule has 0 radical (unpaired) electrons. The van der Waals surface area contributed by atoms with Gasteiger partial charge < -0.3 is 14.6 Å². The molecule has 3 heterocycles. The summed E-state index contributed by atoms with van der Waals surface area (Å²) in [5.41, 5.74) is 1.99. The van der Waals surface area contributed by atoms with Crippen molar-refractivity contribution < 1.29 is 18.4 Å². The van der Waals surface area contributed by atoms with E-state index in [1.54, 1.807) is 49.8 Å². The normalized spacial score (nSPS) is 10.7. The average Bonchev–Trinajstić information content (AvgIpc) is 3.29. The van der Waals surface area contributed by atoms with Gasteiger partial charge in [0.15, 0.2) is 11.6 Å². The van der Waals surface area contributed by atoms with Crippen LogP contribution in [0.4, 0.5) is 10.2 Å². The number of nitrogens with one attached hydrogen (secondary N) is 1. The Morgan fingerprint density at radius 2 is 2.00 bits per heavy atom. The Bertz CT molecular complexity index is 1210. The first-order valence-corrected chi connectivity index (χ1v) is 9.94. The van der Waals surface area contributed by atoms with Crippen LogP contribution >= 0.6 is 0 Å². The standard InChI is InChI=1S/C23H20FN5O3/c1-15-4-5-17(13-18(15)24)22-28-21(32-29-22)7-6-20(30)27-23-19(3-2-10-26-23)31-14-16-8-11-25-12-9-16/h2-5,8-13H,6-7,14H2,1H3,(H,26,27,30). The molecule has 0 saturated heterocycles. The largest absolute Gasteiger partial charge is 0.485 e. The van der Waals surface area contributed by atoms with Crippen LogP contribution in [0.1, 0.15) is 23.4 Å². The van der Waals surface area contributed by atoms with Crippen molar-refractivity contribution in [1.82, 2.24) is 20.1 Å². The number of carbonyl (C=O) groups is 1. The lowest BCUT2D eigenvalue weighted by atomic mass is 10.1. The maximum Gasteiger partial charge on any atom is 0.227 e. The number of anilines is 1. The van der Waals surface area contributed by atoms with Crippen molar-refractivity contribution in [3.05, 3.63) is 83.9 Å². The molecule has 0 unspecified atom stereocenters. The smallest absolute Gasteiger partial charge is 0.227 e. The molecule has 0 saturated carbocycles. The maximum absolute atomic E-state index is 13.8. The minimum Gasteiger partial charge on any atom is -0.485 e. The second-order valence-corrected chi connectivity index (χ2v) is 7.02. The van der Waals surface area contributed by atoms with Crippen LogP contribution in [0.3, 0.4) is 0 Å². The molecule has 4 rings (SSSR count). The predicted molar refractivity (Wildman–Crippen MR) is 114 cm³/mol. The third kappa shape index (κ3) is 5.31. The molecule has 0 bridgehead atoms. The summed E-state index contributed by atoms with van der Waals surface area (Å²) in [5.74, 6) is 0.721. The Labute approximate surface area is 183 Å². The molecule has 162 valence electrons. The number of pyridine rings is 2. The fourth-order valence-corrected chi connectivity index (χ4v) is 2.86. The lowest BCUT2D eigenvalue weighted by molar-refractivity contribution is -0.116. The third-order valence-electron chi connectivity index (χ3n) is 4.64. The van der Waals surface area contributed by atoms with Gasteiger partial charge in [0.05, 0.1) is 0 Å². The topological polar surface area (TPSA) is 103 Å². The number of aromatic nitrogens is 4. The van der Waals surface area contributed by atoms with Crippen LogP contribution in [-0.2, 0) is 17.8 Å². The second kappa shape index (κ2) is 9.78. The minimum atomic E-state index is -0.342. The first-order chi connectivity index (χ1) is 15.6. The summed E-state index contributed by atoms with van der Waals surface area (Å²) in [6, 6.07) is 11.9. The van der Waals surface area contributed by atoms with Crippen molar-refractivity contribution in [2.45, 2.75) is 26.4 Å². The van der Waals surface area contributed by atoms with Gasteiger partial charge in [-0.15, -0.1) is 0 Å². The number of hydrogen-bond donors (Lipinski definition) is 1. The van der Waals surface area contributed by atoms with E-state index in [4.69, 9.17) is 9.26 Å². The number of rotatable bonds is 8. The van der Waals surface area contributed by atoms with Crippen molar-refractivity contribution in [3.8, 4) is 17.1 Å². The number of halogens is 1. The van der Waals surface area contributed by atoms with Crippen LogP contribution in [0, 0.1) is 12.7 Å². The molecule has 0 atom stereocenters. The summed E-state index contributed by atoms with van der Waals surface area (Å²) < 4.78 is 24.7. The van der Waals surface area contributed by atoms with E-state index in [2.05, 4.69) is 25.4 Å². The highest BCUT2D eigenvalue weighted by molar-refractivity contribution is 5.91. The van der Waals surface area contributed by atoms with Gasteiger partial charge in [-0.1, -0.05) is 17.3 Å². The predicted octanol–water partition coefficient (Wildman–Crippen LogP) is 4.12. The molecular weight excluding hydrogens is 413 g/mol. The van der Waals surface area contributed by atoms with Gasteiger partial charge in [-0.2, -0.15) is 4.98 Å². The van der Waals surface area contributed by atoms with Gasteiger partial charge in [-0.05, 0) is 48.4 Å². The molecule has 3 aromatic heterocycles. The molecule has 1 N–H and O–H groups in total. The highest BCUT2D eigenvalue weighted by Crippen LogP contribution is 2.23. The Hall–Kier alpha value is -4.14. The number of ether oxygens (including phenoxy) is 1. The molecule has 8 nitrogen and oxygen atoms in total. The fourth-order valence-electron chi connectivity index (χ4n) is 2.86. The Balaban J connectivity index is 1.34. The fraction of sp³-hybridized carbons (Fsp3) is 0.174. The van der Waals surface area contributed by atoms with Gasteiger partial charge in [0.1, 0.15) is 12.4 Å². The SMILES string of the molecule is Cc1ccc(-c2noc(CCC(=O)Nc3ncccc3OCc3ccncc3)n2)cc1F. The van der Waals surface area contributed by atoms with E-state index in [0.717, 1.165) is 5.56 Å². The molecule has 0 aliphatic heterocycles. The second-order valence-electron chi connectivity index (χ2n) is 7.02. The Morgan fingerprint density at radius 3 is 2.81 bits per heavy atom. The highest BCUT2D eigenvalue weighted by atomic mass is 19.1. The summed E-state index contributed by atoms with van der Waals surface area (Å²) in [5, 5.41) is 6.61. The Morgan fingerprint density at radius 1 is 1.16 bits per heavy atom. The molecule has 0 aliphatic carbocycles. The van der Waals surface area contributed by atoms with Gasteiger partial charge >= 0.3 is 0 Å². The number of aryl methyl sites for hydroxylation is 2. The van der Waals surface area contributed by atoms with Gasteiger partial charge in [0.2, 0.25) is 17.6 Å². The van der Waals surface area contributed by atoms with Gasteiger partial charge in [-0.25, -0.2) is 9.37 Å². The van der Waals surface area contributed by atoms with Crippen molar-refractivity contribution in [2.24, 2.45) is 0 Å². The van der Waals surface area contributed by atoms with Crippen LogP contribution in [0.5, 0.6) is 5.75 Å². The quantitative estimate of drug-likeness (QED) is 0.446. The molecule has 1 aromatic carbocycles. The zero-order chi connectivity index (χ0) is 22.3. The van der Waals surface area contributed by atoms with Gasteiger partial charge in [0.25, 0.3) is 0 Å². The number of hydrogen-bond acceptors (Lipinski definition) is 7. The van der Waals surface area contributed by atoms with E-state index in [-0.39, 0.29) is 36.3 Å². The van der Waals surface area contributed by atoms with Crippen molar-refractivity contribution in [3.63, 3.8) is 0 Å². The third-order valence-corrected chi connectivity index (χ3v) is 4.64. The van der Waals surface area contributed by atoms with Crippen LogP contribution in [0.15, 0.2) is 65.6 Å². The van der Waals surface area contributed by atoms with Crippen LogP contribution < -0.4 is 10.1 Å². The highest BCUT2D eigenvalue weighted by Gasteiger charge is 2.14. The molecule has 9 heteroatoms. The Kier molecular flexibility index (Phi) is 6.45. The van der Waals surface area contributed by atoms with Gasteiger partial charge in [0, 0.05) is 37.0 Å². The van der Waals surface area contributed by atoms with E-state index in [9.17, 15) is 9.18 Å². The lowest BCUT2D eigenvalue weighted by Crippen LogP contribution is -2.14. The number of carbonyl (C=O) groups excluding carboxylic acids is 1. The summed E-state index contributed by atoms with van der Waals surface area (Å²) in [7, 11) is 0. The maximum atomic E-state index is 13.8. The average molecular weight is 433 g/mol. The van der Waals surface area contributed by atoms with E-state index in [0.29, 0.717) is 29.3 Å². The zero-order valence-corrected chi connectivity index (χ0v) is 17.3. The van der Waals surface area contributed by atoms with E-state index < -0.39 is 0 Å². The zero-order valence-electron chi connectivity index (χ0n) is 17.3. The van der Waals surface area contributed by atoms with Crippen LogP contribution in [-0.4, -0.2) is 26.0 Å².